The van der Waals surface area contributed by atoms with Crippen molar-refractivity contribution >= 4 is 5.69 Å². The van der Waals surface area contributed by atoms with Crippen molar-refractivity contribution < 1.29 is 14.2 Å². The Morgan fingerprint density at radius 3 is 2.75 bits per heavy atom. The molecule has 2 N–H and O–H groups in total. The van der Waals surface area contributed by atoms with Crippen molar-refractivity contribution in [2.45, 2.75) is 38.0 Å². The Morgan fingerprint density at radius 1 is 1.21 bits per heavy atom. The summed E-state index contributed by atoms with van der Waals surface area (Å²) in [6, 6.07) is 13.7. The predicted molar refractivity (Wildman–Crippen MR) is 91.4 cm³/mol. The van der Waals surface area contributed by atoms with Crippen molar-refractivity contribution in [1.82, 2.24) is 0 Å². The summed E-state index contributed by atoms with van der Waals surface area (Å²) >= 11 is 0. The zero-order chi connectivity index (χ0) is 16.7. The topological polar surface area (TPSA) is 41.5 Å². The molecule has 1 saturated heterocycles. The maximum atomic E-state index is 14.6. The molecule has 0 amide bonds. The average molecular weight is 327 g/mol. The summed E-state index contributed by atoms with van der Waals surface area (Å²) in [7, 11) is 0. The van der Waals surface area contributed by atoms with Crippen LogP contribution in [0.25, 0.3) is 0 Å². The molecule has 0 aliphatic carbocycles. The van der Waals surface area contributed by atoms with Crippen LogP contribution in [0.15, 0.2) is 42.5 Å². The standard InChI is InChI=1S/C20H22FNO2/c1-12-9-16-19(17(21)10-12)22-18(13-5-3-2-4-6-13)15-8-7-14(11-23)24-20(15)16/h2-6,9-10,14-15,18,20,22-23H,7-8,11H2,1H3/t14?,15?,18-,20?/m0/s1. The highest BCUT2D eigenvalue weighted by molar-refractivity contribution is 5.59. The molecule has 0 bridgehead atoms. The lowest BCUT2D eigenvalue weighted by molar-refractivity contribution is -0.110. The maximum Gasteiger partial charge on any atom is 0.146 e. The van der Waals surface area contributed by atoms with Crippen molar-refractivity contribution in [3.05, 3.63) is 65.0 Å². The van der Waals surface area contributed by atoms with Gasteiger partial charge in [0.25, 0.3) is 0 Å². The second kappa shape index (κ2) is 6.19. The summed E-state index contributed by atoms with van der Waals surface area (Å²) in [5, 5.41) is 12.9. The van der Waals surface area contributed by atoms with Gasteiger partial charge in [-0.1, -0.05) is 36.4 Å². The number of fused-ring (bicyclic) bond motifs is 3. The number of halogens is 1. The fourth-order valence-corrected chi connectivity index (χ4v) is 4.08. The van der Waals surface area contributed by atoms with Crippen molar-refractivity contribution in [2.24, 2.45) is 5.92 Å². The fraction of sp³-hybridized carbons (Fsp3) is 0.400. The third kappa shape index (κ3) is 2.60. The van der Waals surface area contributed by atoms with E-state index in [1.54, 1.807) is 6.07 Å². The van der Waals surface area contributed by atoms with Crippen molar-refractivity contribution in [3.63, 3.8) is 0 Å². The smallest absolute Gasteiger partial charge is 0.146 e. The lowest BCUT2D eigenvalue weighted by Gasteiger charge is -2.45. The van der Waals surface area contributed by atoms with Crippen molar-refractivity contribution in [3.8, 4) is 0 Å². The highest BCUT2D eigenvalue weighted by atomic mass is 19.1. The summed E-state index contributed by atoms with van der Waals surface area (Å²) in [4.78, 5) is 0. The lowest BCUT2D eigenvalue weighted by Crippen LogP contribution is -2.40. The van der Waals surface area contributed by atoms with Gasteiger partial charge in [-0.25, -0.2) is 4.39 Å². The Balaban J connectivity index is 1.80. The summed E-state index contributed by atoms with van der Waals surface area (Å²) in [5.41, 5.74) is 3.45. The van der Waals surface area contributed by atoms with Gasteiger partial charge in [-0.15, -0.1) is 0 Å². The Hall–Kier alpha value is -1.91. The van der Waals surface area contributed by atoms with Crippen LogP contribution in [-0.2, 0) is 4.74 Å². The van der Waals surface area contributed by atoms with Crippen LogP contribution < -0.4 is 5.32 Å². The second-order valence-electron chi connectivity index (χ2n) is 6.85. The van der Waals surface area contributed by atoms with Crippen LogP contribution in [0.5, 0.6) is 0 Å². The van der Waals surface area contributed by atoms with Gasteiger partial charge >= 0.3 is 0 Å². The van der Waals surface area contributed by atoms with Gasteiger partial charge in [0.05, 0.1) is 30.5 Å². The van der Waals surface area contributed by atoms with Crippen molar-refractivity contribution in [1.29, 1.82) is 0 Å². The Bertz CT molecular complexity index is 734. The van der Waals surface area contributed by atoms with Gasteiger partial charge in [0.1, 0.15) is 5.82 Å². The molecule has 4 rings (SSSR count). The summed E-state index contributed by atoms with van der Waals surface area (Å²) < 4.78 is 20.8. The van der Waals surface area contributed by atoms with E-state index in [-0.39, 0.29) is 36.6 Å². The largest absolute Gasteiger partial charge is 0.394 e. The quantitative estimate of drug-likeness (QED) is 0.871. The van der Waals surface area contributed by atoms with Gasteiger partial charge in [-0.05, 0) is 37.0 Å². The van der Waals surface area contributed by atoms with Gasteiger partial charge in [0.2, 0.25) is 0 Å². The van der Waals surface area contributed by atoms with Crippen LogP contribution in [-0.4, -0.2) is 17.8 Å². The molecule has 3 nitrogen and oxygen atoms in total. The van der Waals surface area contributed by atoms with E-state index in [1.165, 1.54) is 0 Å². The molecule has 0 radical (unpaired) electrons. The number of aliphatic hydroxyl groups excluding tert-OH is 1. The first-order chi connectivity index (χ1) is 11.7. The third-order valence-corrected chi connectivity index (χ3v) is 5.21. The Kier molecular flexibility index (Phi) is 4.02. The van der Waals surface area contributed by atoms with Crippen LogP contribution >= 0.6 is 0 Å². The van der Waals surface area contributed by atoms with Crippen LogP contribution in [0.2, 0.25) is 0 Å². The van der Waals surface area contributed by atoms with E-state index < -0.39 is 0 Å². The van der Waals surface area contributed by atoms with Crippen molar-refractivity contribution in [2.75, 3.05) is 11.9 Å². The number of hydrogen-bond donors (Lipinski definition) is 2. The molecule has 2 aliphatic heterocycles. The molecule has 1 fully saturated rings. The van der Waals surface area contributed by atoms with Gasteiger partial charge in [0, 0.05) is 11.5 Å². The molecule has 2 aliphatic rings. The molecule has 2 heterocycles. The number of benzene rings is 2. The molecule has 4 atom stereocenters. The van der Waals surface area contributed by atoms with Gasteiger partial charge in [0.15, 0.2) is 0 Å². The van der Waals surface area contributed by atoms with E-state index in [0.717, 1.165) is 29.5 Å². The number of hydrogen-bond acceptors (Lipinski definition) is 3. The summed E-state index contributed by atoms with van der Waals surface area (Å²) in [6.07, 6.45) is 1.41. The Morgan fingerprint density at radius 2 is 2.00 bits per heavy atom. The maximum absolute atomic E-state index is 14.6. The normalized spacial score (nSPS) is 28.6. The van der Waals surface area contributed by atoms with E-state index in [4.69, 9.17) is 4.74 Å². The Labute approximate surface area is 141 Å². The van der Waals surface area contributed by atoms with Gasteiger partial charge in [-0.3, -0.25) is 0 Å². The molecule has 2 aromatic carbocycles. The molecule has 0 spiro atoms. The fourth-order valence-electron chi connectivity index (χ4n) is 4.08. The monoisotopic (exact) mass is 327 g/mol. The molecule has 0 aromatic heterocycles. The molecule has 126 valence electrons. The van der Waals surface area contributed by atoms with E-state index in [9.17, 15) is 9.50 Å². The first kappa shape index (κ1) is 15.6. The van der Waals surface area contributed by atoms with Crippen LogP contribution in [0.4, 0.5) is 10.1 Å². The van der Waals surface area contributed by atoms with E-state index in [0.29, 0.717) is 5.69 Å². The average Bonchev–Trinajstić information content (AvgIpc) is 2.61. The summed E-state index contributed by atoms with van der Waals surface area (Å²) in [5.74, 6) is -0.0111. The number of aliphatic hydroxyl groups is 1. The third-order valence-electron chi connectivity index (χ3n) is 5.21. The predicted octanol–water partition coefficient (Wildman–Crippen LogP) is 4.13. The molecular weight excluding hydrogens is 305 g/mol. The zero-order valence-corrected chi connectivity index (χ0v) is 13.7. The molecule has 3 unspecified atom stereocenters. The molecule has 2 aromatic rings. The van der Waals surface area contributed by atoms with Gasteiger partial charge in [-0.2, -0.15) is 0 Å². The van der Waals surface area contributed by atoms with E-state index in [1.807, 2.05) is 31.2 Å². The van der Waals surface area contributed by atoms with Gasteiger partial charge < -0.3 is 15.2 Å². The van der Waals surface area contributed by atoms with Crippen LogP contribution in [0, 0.1) is 18.7 Å². The van der Waals surface area contributed by atoms with Crippen LogP contribution in [0.3, 0.4) is 0 Å². The molecule has 24 heavy (non-hydrogen) atoms. The van der Waals surface area contributed by atoms with E-state index in [2.05, 4.69) is 17.4 Å². The number of ether oxygens (including phenoxy) is 1. The van der Waals surface area contributed by atoms with Crippen LogP contribution in [0.1, 0.15) is 41.7 Å². The molecule has 4 heteroatoms. The summed E-state index contributed by atoms with van der Waals surface area (Å²) in [6.45, 7) is 1.91. The first-order valence-electron chi connectivity index (χ1n) is 8.55. The number of nitrogens with one attached hydrogen (secondary N) is 1. The second-order valence-corrected chi connectivity index (χ2v) is 6.85. The SMILES string of the molecule is Cc1cc(F)c2c(c1)C1OC(CO)CCC1[C@H](c1ccccc1)N2. The molecular formula is C20H22FNO2. The van der Waals surface area contributed by atoms with E-state index >= 15 is 0 Å². The minimum absolute atomic E-state index is 0.0102. The number of anilines is 1. The molecule has 0 saturated carbocycles. The number of rotatable bonds is 2. The number of aryl methyl sites for hydroxylation is 1. The minimum atomic E-state index is -0.237. The lowest BCUT2D eigenvalue weighted by atomic mass is 9.76. The highest BCUT2D eigenvalue weighted by Crippen LogP contribution is 2.51. The zero-order valence-electron chi connectivity index (χ0n) is 13.7. The highest BCUT2D eigenvalue weighted by Gasteiger charge is 2.43. The minimum Gasteiger partial charge on any atom is -0.394 e. The first-order valence-corrected chi connectivity index (χ1v) is 8.55.